The summed E-state index contributed by atoms with van der Waals surface area (Å²) in [6.07, 6.45) is 6.11. The number of imidazole rings is 1. The molecule has 2 aliphatic rings. The van der Waals surface area contributed by atoms with Gasteiger partial charge in [0.1, 0.15) is 11.5 Å². The molecule has 29 heavy (non-hydrogen) atoms. The van der Waals surface area contributed by atoms with E-state index in [1.165, 1.54) is 25.0 Å². The Bertz CT molecular complexity index is 994. The van der Waals surface area contributed by atoms with E-state index in [0.29, 0.717) is 17.5 Å². The maximum absolute atomic E-state index is 13.1. The molecule has 0 spiro atoms. The maximum Gasteiger partial charge on any atom is 0.255 e. The Balaban J connectivity index is 0.00000120. The monoisotopic (exact) mass is 436 g/mol. The number of amides is 1. The minimum Gasteiger partial charge on any atom is -0.337 e. The molecule has 0 bridgehead atoms. The van der Waals surface area contributed by atoms with E-state index in [1.807, 2.05) is 33.8 Å². The number of piperidine rings is 1. The minimum atomic E-state index is -0.268. The van der Waals surface area contributed by atoms with Crippen molar-refractivity contribution in [3.63, 3.8) is 0 Å². The molecular weight excluding hydrogens is 414 g/mol. The Morgan fingerprint density at radius 3 is 2.62 bits per heavy atom. The van der Waals surface area contributed by atoms with Gasteiger partial charge in [0.2, 0.25) is 0 Å². The molecule has 2 fully saturated rings. The van der Waals surface area contributed by atoms with Gasteiger partial charge in [0.25, 0.3) is 5.91 Å². The first-order valence-corrected chi connectivity index (χ1v) is 9.45. The van der Waals surface area contributed by atoms with Gasteiger partial charge in [-0.3, -0.25) is 4.79 Å². The number of fused-ring (bicyclic) bond motifs is 2. The first-order chi connectivity index (χ1) is 13.2. The Kier molecular flexibility index (Phi) is 6.46. The topological polar surface area (TPSA) is 49.6 Å². The highest BCUT2D eigenvalue weighted by atomic mass is 35.5. The van der Waals surface area contributed by atoms with E-state index < -0.39 is 0 Å². The zero-order valence-corrected chi connectivity index (χ0v) is 17.4. The smallest absolute Gasteiger partial charge is 0.255 e. The summed E-state index contributed by atoms with van der Waals surface area (Å²) in [5.74, 6) is 0.381. The number of rotatable bonds is 2. The molecule has 2 atom stereocenters. The number of halogens is 3. The van der Waals surface area contributed by atoms with Crippen molar-refractivity contribution < 1.29 is 9.18 Å². The quantitative estimate of drug-likeness (QED) is 0.664. The van der Waals surface area contributed by atoms with Gasteiger partial charge in [-0.2, -0.15) is 0 Å². The summed E-state index contributed by atoms with van der Waals surface area (Å²) in [5, 5.41) is 3.54. The summed E-state index contributed by atoms with van der Waals surface area (Å²) in [4.78, 5) is 19.5. The van der Waals surface area contributed by atoms with Crippen molar-refractivity contribution >= 4 is 36.4 Å². The fourth-order valence-corrected chi connectivity index (χ4v) is 4.27. The predicted octanol–water partition coefficient (Wildman–Crippen LogP) is 3.81. The lowest BCUT2D eigenvalue weighted by molar-refractivity contribution is 0.0785. The van der Waals surface area contributed by atoms with Gasteiger partial charge in [-0.05, 0) is 61.7 Å². The van der Waals surface area contributed by atoms with E-state index in [-0.39, 0.29) is 36.5 Å². The lowest BCUT2D eigenvalue weighted by atomic mass is 9.94. The average molecular weight is 437 g/mol. The third-order valence-corrected chi connectivity index (χ3v) is 5.72. The van der Waals surface area contributed by atoms with E-state index >= 15 is 0 Å². The highest BCUT2D eigenvalue weighted by Gasteiger charge is 2.36. The number of nitrogens with zero attached hydrogens (tertiary/aromatic N) is 3. The number of pyridine rings is 1. The van der Waals surface area contributed by atoms with E-state index in [4.69, 9.17) is 0 Å². The van der Waals surface area contributed by atoms with Crippen LogP contribution in [0.1, 0.15) is 23.2 Å². The highest BCUT2D eigenvalue weighted by molar-refractivity contribution is 5.94. The summed E-state index contributed by atoms with van der Waals surface area (Å²) in [6.45, 7) is 2.67. The largest absolute Gasteiger partial charge is 0.337 e. The number of likely N-dealkylation sites (tertiary alicyclic amines) is 1. The third-order valence-electron chi connectivity index (χ3n) is 5.72. The molecule has 5 nitrogen and oxygen atoms in total. The van der Waals surface area contributed by atoms with E-state index in [1.54, 1.807) is 12.1 Å². The molecule has 0 aliphatic carbocycles. The molecule has 4 heterocycles. The van der Waals surface area contributed by atoms with Gasteiger partial charge in [0.15, 0.2) is 0 Å². The van der Waals surface area contributed by atoms with Crippen molar-refractivity contribution in [3.8, 4) is 11.3 Å². The molecular formula is C21H23Cl2FN4O. The standard InChI is InChI=1S/C21H21FN4O.2ClH/c22-17-6-3-14(4-7-17)19-13-25-11-16(5-8-20(25)24-19)21(27)26-10-15-2-1-9-23-18(15)12-26;;/h3-8,11,13,15,18,23H,1-2,9-10,12H2;2*1H/t15-,18+;;/m0../s1. The summed E-state index contributed by atoms with van der Waals surface area (Å²) < 4.78 is 15.0. The molecule has 0 saturated carbocycles. The van der Waals surface area contributed by atoms with Crippen LogP contribution in [0.4, 0.5) is 4.39 Å². The van der Waals surface area contributed by atoms with Crippen LogP contribution in [0.25, 0.3) is 16.9 Å². The lowest BCUT2D eigenvalue weighted by Gasteiger charge is -2.24. The van der Waals surface area contributed by atoms with Crippen LogP contribution in [0.3, 0.4) is 0 Å². The number of benzene rings is 1. The van der Waals surface area contributed by atoms with Gasteiger partial charge >= 0.3 is 0 Å². The number of aromatic nitrogens is 2. The maximum atomic E-state index is 13.1. The molecule has 2 aromatic heterocycles. The zero-order valence-electron chi connectivity index (χ0n) is 15.8. The second kappa shape index (κ2) is 8.69. The lowest BCUT2D eigenvalue weighted by Crippen LogP contribution is -2.41. The normalized spacial score (nSPS) is 20.7. The summed E-state index contributed by atoms with van der Waals surface area (Å²) in [7, 11) is 0. The van der Waals surface area contributed by atoms with Gasteiger partial charge in [-0.1, -0.05) is 0 Å². The molecule has 1 aromatic carbocycles. The van der Waals surface area contributed by atoms with E-state index in [2.05, 4.69) is 10.3 Å². The fraction of sp³-hybridized carbons (Fsp3) is 0.333. The molecule has 2 aliphatic heterocycles. The SMILES string of the molecule is Cl.Cl.O=C(c1ccc2nc(-c3ccc(F)cc3)cn2c1)N1C[C@@H]2CCCN[C@@H]2C1. The van der Waals surface area contributed by atoms with E-state index in [0.717, 1.165) is 36.5 Å². The zero-order chi connectivity index (χ0) is 18.4. The van der Waals surface area contributed by atoms with Crippen molar-refractivity contribution in [3.05, 3.63) is 60.2 Å². The van der Waals surface area contributed by atoms with Crippen LogP contribution in [-0.4, -0.2) is 45.9 Å². The second-order valence-electron chi connectivity index (χ2n) is 7.49. The molecule has 2 saturated heterocycles. The van der Waals surface area contributed by atoms with Gasteiger partial charge in [-0.15, -0.1) is 24.8 Å². The van der Waals surface area contributed by atoms with E-state index in [9.17, 15) is 9.18 Å². The first kappa shape index (κ1) is 21.6. The molecule has 154 valence electrons. The summed E-state index contributed by atoms with van der Waals surface area (Å²) in [5.41, 5.74) is 3.05. The molecule has 1 N–H and O–H groups in total. The van der Waals surface area contributed by atoms with Crippen molar-refractivity contribution in [1.82, 2.24) is 19.6 Å². The Labute approximate surface area is 181 Å². The van der Waals surface area contributed by atoms with Gasteiger partial charge in [0, 0.05) is 37.1 Å². The van der Waals surface area contributed by atoms with Crippen LogP contribution >= 0.6 is 24.8 Å². The number of carbonyl (C=O) groups excluding carboxylic acids is 1. The summed E-state index contributed by atoms with van der Waals surface area (Å²) in [6, 6.07) is 10.4. The van der Waals surface area contributed by atoms with Crippen LogP contribution in [0, 0.1) is 11.7 Å². The Morgan fingerprint density at radius 1 is 1.07 bits per heavy atom. The van der Waals surface area contributed by atoms with Crippen LogP contribution in [-0.2, 0) is 0 Å². The van der Waals surface area contributed by atoms with Gasteiger partial charge in [-0.25, -0.2) is 9.37 Å². The molecule has 3 aromatic rings. The molecule has 1 amide bonds. The van der Waals surface area contributed by atoms with Crippen molar-refractivity contribution in [2.24, 2.45) is 5.92 Å². The average Bonchev–Trinajstić information content (AvgIpc) is 3.31. The van der Waals surface area contributed by atoms with Crippen molar-refractivity contribution in [2.45, 2.75) is 18.9 Å². The fourth-order valence-electron chi connectivity index (χ4n) is 4.27. The third kappa shape index (κ3) is 4.10. The molecule has 0 radical (unpaired) electrons. The van der Waals surface area contributed by atoms with Crippen LogP contribution in [0.5, 0.6) is 0 Å². The van der Waals surface area contributed by atoms with Gasteiger partial charge in [0.05, 0.1) is 11.3 Å². The van der Waals surface area contributed by atoms with Crippen LogP contribution in [0.15, 0.2) is 48.8 Å². The van der Waals surface area contributed by atoms with Crippen molar-refractivity contribution in [1.29, 1.82) is 0 Å². The molecule has 0 unspecified atom stereocenters. The molecule has 5 rings (SSSR count). The van der Waals surface area contributed by atoms with Gasteiger partial charge < -0.3 is 14.6 Å². The van der Waals surface area contributed by atoms with Crippen LogP contribution < -0.4 is 5.32 Å². The van der Waals surface area contributed by atoms with Crippen molar-refractivity contribution in [2.75, 3.05) is 19.6 Å². The number of hydrogen-bond donors (Lipinski definition) is 1. The highest BCUT2D eigenvalue weighted by Crippen LogP contribution is 2.26. The second-order valence-corrected chi connectivity index (χ2v) is 7.49. The van der Waals surface area contributed by atoms with Crippen LogP contribution in [0.2, 0.25) is 0 Å². The Hall–Kier alpha value is -2.15. The number of hydrogen-bond acceptors (Lipinski definition) is 3. The first-order valence-electron chi connectivity index (χ1n) is 9.45. The minimum absolute atomic E-state index is 0. The summed E-state index contributed by atoms with van der Waals surface area (Å²) >= 11 is 0. The molecule has 8 heteroatoms. The number of carbonyl (C=O) groups is 1. The number of nitrogens with one attached hydrogen (secondary N) is 1. The predicted molar refractivity (Wildman–Crippen MR) is 116 cm³/mol. The Morgan fingerprint density at radius 2 is 1.86 bits per heavy atom.